The number of halogens is 1. The zero-order chi connectivity index (χ0) is 15.5. The van der Waals surface area contributed by atoms with Gasteiger partial charge >= 0.3 is 0 Å². The van der Waals surface area contributed by atoms with E-state index in [1.807, 2.05) is 6.92 Å². The largest absolute Gasteiger partial charge is 0.339 e. The van der Waals surface area contributed by atoms with Crippen molar-refractivity contribution in [2.45, 2.75) is 40.0 Å². The lowest BCUT2D eigenvalue weighted by Crippen LogP contribution is -2.17. The van der Waals surface area contributed by atoms with E-state index in [0.717, 1.165) is 30.4 Å². The average molecular weight is 291 g/mol. The average Bonchev–Trinajstić information content (AvgIpc) is 2.85. The fraction of sp³-hybridized carbons (Fsp3) is 0.500. The maximum Gasteiger partial charge on any atom is 0.226 e. The van der Waals surface area contributed by atoms with Crippen LogP contribution in [-0.2, 0) is 6.42 Å². The van der Waals surface area contributed by atoms with E-state index in [-0.39, 0.29) is 11.2 Å². The number of aryl methyl sites for hydroxylation is 2. The molecule has 0 radical (unpaired) electrons. The van der Waals surface area contributed by atoms with Crippen LogP contribution >= 0.6 is 0 Å². The van der Waals surface area contributed by atoms with Crippen LogP contribution < -0.4 is 5.73 Å². The molecule has 0 atom stereocenters. The molecular formula is C16H22FN3O. The molecule has 21 heavy (non-hydrogen) atoms. The van der Waals surface area contributed by atoms with Gasteiger partial charge in [0.25, 0.3) is 0 Å². The molecule has 2 rings (SSSR count). The van der Waals surface area contributed by atoms with Gasteiger partial charge in [-0.2, -0.15) is 4.98 Å². The number of nitrogens with two attached hydrogens (primary N) is 1. The Balaban J connectivity index is 2.08. The lowest BCUT2D eigenvalue weighted by molar-refractivity contribution is 0.289. The zero-order valence-electron chi connectivity index (χ0n) is 12.8. The van der Waals surface area contributed by atoms with E-state index in [9.17, 15) is 4.39 Å². The van der Waals surface area contributed by atoms with Crippen LogP contribution in [0.15, 0.2) is 22.7 Å². The molecule has 1 aromatic carbocycles. The molecule has 0 bridgehead atoms. The molecule has 0 amide bonds. The molecule has 2 aromatic rings. The Bertz CT molecular complexity index is 607. The van der Waals surface area contributed by atoms with Gasteiger partial charge in [-0.3, -0.25) is 0 Å². The Morgan fingerprint density at radius 3 is 2.71 bits per heavy atom. The molecule has 0 fully saturated rings. The lowest BCUT2D eigenvalue weighted by atomic mass is 9.84. The SMILES string of the molecule is Cc1cc(F)ccc1-c1noc(CCC(C)(C)CCN)n1. The van der Waals surface area contributed by atoms with Gasteiger partial charge in [-0.25, -0.2) is 4.39 Å². The smallest absolute Gasteiger partial charge is 0.226 e. The van der Waals surface area contributed by atoms with Crippen molar-refractivity contribution in [3.8, 4) is 11.4 Å². The first-order valence-corrected chi connectivity index (χ1v) is 7.20. The summed E-state index contributed by atoms with van der Waals surface area (Å²) in [5.41, 5.74) is 7.37. The van der Waals surface area contributed by atoms with Gasteiger partial charge < -0.3 is 10.3 Å². The summed E-state index contributed by atoms with van der Waals surface area (Å²) in [5, 5.41) is 3.99. The molecule has 5 heteroatoms. The van der Waals surface area contributed by atoms with Gasteiger partial charge in [0.05, 0.1) is 0 Å². The second-order valence-corrected chi connectivity index (χ2v) is 6.17. The summed E-state index contributed by atoms with van der Waals surface area (Å²) < 4.78 is 18.4. The first-order valence-electron chi connectivity index (χ1n) is 7.20. The quantitative estimate of drug-likeness (QED) is 0.884. The van der Waals surface area contributed by atoms with E-state index < -0.39 is 0 Å². The molecule has 0 aliphatic rings. The minimum Gasteiger partial charge on any atom is -0.339 e. The van der Waals surface area contributed by atoms with Crippen LogP contribution in [0.2, 0.25) is 0 Å². The fourth-order valence-corrected chi connectivity index (χ4v) is 2.30. The summed E-state index contributed by atoms with van der Waals surface area (Å²) in [6.07, 6.45) is 2.62. The van der Waals surface area contributed by atoms with E-state index in [4.69, 9.17) is 10.3 Å². The van der Waals surface area contributed by atoms with Gasteiger partial charge in [-0.15, -0.1) is 0 Å². The fourth-order valence-electron chi connectivity index (χ4n) is 2.30. The molecule has 0 unspecified atom stereocenters. The highest BCUT2D eigenvalue weighted by atomic mass is 19.1. The molecule has 0 aliphatic carbocycles. The second-order valence-electron chi connectivity index (χ2n) is 6.17. The summed E-state index contributed by atoms with van der Waals surface area (Å²) in [7, 11) is 0. The first kappa shape index (κ1) is 15.6. The lowest BCUT2D eigenvalue weighted by Gasteiger charge is -2.22. The molecule has 114 valence electrons. The highest BCUT2D eigenvalue weighted by Gasteiger charge is 2.19. The second kappa shape index (κ2) is 6.35. The van der Waals surface area contributed by atoms with Crippen molar-refractivity contribution in [1.82, 2.24) is 10.1 Å². The normalized spacial score (nSPS) is 11.9. The number of nitrogens with zero attached hydrogens (tertiary/aromatic N) is 2. The predicted molar refractivity (Wildman–Crippen MR) is 80.2 cm³/mol. The van der Waals surface area contributed by atoms with E-state index in [0.29, 0.717) is 18.3 Å². The van der Waals surface area contributed by atoms with Gasteiger partial charge in [0.2, 0.25) is 11.7 Å². The highest BCUT2D eigenvalue weighted by Crippen LogP contribution is 2.27. The molecule has 0 aliphatic heterocycles. The molecule has 2 N–H and O–H groups in total. The third-order valence-corrected chi connectivity index (χ3v) is 3.73. The Morgan fingerprint density at radius 1 is 1.29 bits per heavy atom. The van der Waals surface area contributed by atoms with E-state index in [1.54, 1.807) is 6.07 Å². The van der Waals surface area contributed by atoms with Gasteiger partial charge in [0.1, 0.15) is 5.82 Å². The highest BCUT2D eigenvalue weighted by molar-refractivity contribution is 5.59. The number of benzene rings is 1. The van der Waals surface area contributed by atoms with Crippen molar-refractivity contribution in [3.05, 3.63) is 35.5 Å². The Labute approximate surface area is 124 Å². The summed E-state index contributed by atoms with van der Waals surface area (Å²) in [4.78, 5) is 4.40. The number of hydrogen-bond donors (Lipinski definition) is 1. The van der Waals surface area contributed by atoms with Crippen molar-refractivity contribution in [1.29, 1.82) is 0 Å². The molecule has 4 nitrogen and oxygen atoms in total. The summed E-state index contributed by atoms with van der Waals surface area (Å²) >= 11 is 0. The van der Waals surface area contributed by atoms with E-state index in [1.165, 1.54) is 12.1 Å². The van der Waals surface area contributed by atoms with Gasteiger partial charge in [0, 0.05) is 12.0 Å². The van der Waals surface area contributed by atoms with Crippen LogP contribution in [0.5, 0.6) is 0 Å². The third kappa shape index (κ3) is 4.11. The molecular weight excluding hydrogens is 269 g/mol. The van der Waals surface area contributed by atoms with Crippen molar-refractivity contribution in [2.24, 2.45) is 11.1 Å². The maximum atomic E-state index is 13.1. The number of rotatable bonds is 6. The third-order valence-electron chi connectivity index (χ3n) is 3.73. The van der Waals surface area contributed by atoms with Crippen molar-refractivity contribution >= 4 is 0 Å². The van der Waals surface area contributed by atoms with Gasteiger partial charge in [-0.1, -0.05) is 19.0 Å². The van der Waals surface area contributed by atoms with Gasteiger partial charge in [0.15, 0.2) is 0 Å². The molecule has 0 saturated carbocycles. The van der Waals surface area contributed by atoms with Crippen LogP contribution in [0.3, 0.4) is 0 Å². The Morgan fingerprint density at radius 2 is 2.05 bits per heavy atom. The first-order chi connectivity index (χ1) is 9.91. The van der Waals surface area contributed by atoms with Crippen molar-refractivity contribution < 1.29 is 8.91 Å². The minimum atomic E-state index is -0.261. The summed E-state index contributed by atoms with van der Waals surface area (Å²) in [5.74, 6) is 0.862. The Hall–Kier alpha value is -1.75. The summed E-state index contributed by atoms with van der Waals surface area (Å²) in [6.45, 7) is 6.87. The zero-order valence-corrected chi connectivity index (χ0v) is 12.8. The topological polar surface area (TPSA) is 64.9 Å². The van der Waals surface area contributed by atoms with Crippen LogP contribution in [-0.4, -0.2) is 16.7 Å². The molecule has 1 heterocycles. The van der Waals surface area contributed by atoms with Crippen molar-refractivity contribution in [2.75, 3.05) is 6.54 Å². The van der Waals surface area contributed by atoms with E-state index >= 15 is 0 Å². The monoisotopic (exact) mass is 291 g/mol. The van der Waals surface area contributed by atoms with Crippen molar-refractivity contribution in [3.63, 3.8) is 0 Å². The predicted octanol–water partition coefficient (Wildman–Crippen LogP) is 3.49. The van der Waals surface area contributed by atoms with Crippen LogP contribution in [0.25, 0.3) is 11.4 Å². The molecule has 1 aromatic heterocycles. The van der Waals surface area contributed by atoms with Gasteiger partial charge in [-0.05, 0) is 55.5 Å². The van der Waals surface area contributed by atoms with E-state index in [2.05, 4.69) is 24.0 Å². The van der Waals surface area contributed by atoms with Crippen LogP contribution in [0, 0.1) is 18.2 Å². The maximum absolute atomic E-state index is 13.1. The Kier molecular flexibility index (Phi) is 4.73. The van der Waals surface area contributed by atoms with Crippen LogP contribution in [0.1, 0.15) is 38.1 Å². The van der Waals surface area contributed by atoms with Crippen LogP contribution in [0.4, 0.5) is 4.39 Å². The molecule has 0 spiro atoms. The molecule has 0 saturated heterocycles. The summed E-state index contributed by atoms with van der Waals surface area (Å²) in [6, 6.07) is 4.55. The number of aromatic nitrogens is 2. The number of hydrogen-bond acceptors (Lipinski definition) is 4. The minimum absolute atomic E-state index is 0.162. The standard InChI is InChI=1S/C16H22FN3O/c1-11-10-12(17)4-5-13(11)15-19-14(21-20-15)6-7-16(2,3)8-9-18/h4-5,10H,6-9,18H2,1-3H3.